The summed E-state index contributed by atoms with van der Waals surface area (Å²) in [7, 11) is 3.33. The summed E-state index contributed by atoms with van der Waals surface area (Å²) in [5, 5.41) is 11.7. The van der Waals surface area contributed by atoms with Crippen LogP contribution in [0, 0.1) is 3.57 Å². The number of unbranched alkanes of at least 4 members (excludes halogenated alkanes) is 1. The van der Waals surface area contributed by atoms with E-state index >= 15 is 0 Å². The van der Waals surface area contributed by atoms with E-state index in [0.717, 1.165) is 54.0 Å². The number of ether oxygens (including phenoxy) is 5. The summed E-state index contributed by atoms with van der Waals surface area (Å²) >= 11 is 2.19. The smallest absolute Gasteiger partial charge is 0.255 e. The average Bonchev–Trinajstić information content (AvgIpc) is 2.93. The molecule has 1 aliphatic rings. The van der Waals surface area contributed by atoms with Crippen LogP contribution in [0.3, 0.4) is 0 Å². The minimum absolute atomic E-state index is 0.000557. The second-order valence-electron chi connectivity index (χ2n) is 8.90. The summed E-state index contributed by atoms with van der Waals surface area (Å²) in [6, 6.07) is 9.75. The first-order valence-corrected chi connectivity index (χ1v) is 14.1. The molecule has 2 N–H and O–H groups in total. The van der Waals surface area contributed by atoms with Crippen molar-refractivity contribution in [2.75, 3.05) is 73.5 Å². The Morgan fingerprint density at radius 2 is 1.66 bits per heavy atom. The van der Waals surface area contributed by atoms with Crippen LogP contribution in [0.1, 0.15) is 34.3 Å². The maximum atomic E-state index is 12.9. The van der Waals surface area contributed by atoms with Crippen molar-refractivity contribution in [3.05, 3.63) is 50.6 Å². The molecule has 1 amide bonds. The molecule has 38 heavy (non-hydrogen) atoms. The van der Waals surface area contributed by atoms with Crippen LogP contribution in [0.5, 0.6) is 17.2 Å². The Morgan fingerprint density at radius 1 is 0.947 bits per heavy atom. The number of carbonyl (C=O) groups is 1. The van der Waals surface area contributed by atoms with E-state index in [-0.39, 0.29) is 12.5 Å². The van der Waals surface area contributed by atoms with Gasteiger partial charge in [-0.2, -0.15) is 0 Å². The maximum absolute atomic E-state index is 12.9. The number of halogens is 1. The number of methoxy groups -OCH3 is 2. The van der Waals surface area contributed by atoms with Gasteiger partial charge < -0.3 is 34.1 Å². The highest BCUT2D eigenvalue weighted by Gasteiger charge is 2.19. The summed E-state index contributed by atoms with van der Waals surface area (Å²) < 4.78 is 28.3. The molecule has 10 heteroatoms. The zero-order chi connectivity index (χ0) is 27.2. The van der Waals surface area contributed by atoms with E-state index in [1.165, 1.54) is 11.1 Å². The fourth-order valence-corrected chi connectivity index (χ4v) is 4.78. The molecule has 2 aromatic carbocycles. The number of nitrogens with zero attached hydrogens (tertiary/aromatic N) is 1. The van der Waals surface area contributed by atoms with E-state index in [2.05, 4.69) is 44.9 Å². The summed E-state index contributed by atoms with van der Waals surface area (Å²) in [6.07, 6.45) is 2.88. The molecule has 2 aromatic rings. The van der Waals surface area contributed by atoms with Gasteiger partial charge in [0.25, 0.3) is 5.91 Å². The van der Waals surface area contributed by atoms with Crippen LogP contribution in [-0.4, -0.2) is 89.4 Å². The SMILES string of the molecule is COc1cc2c(cc1OC)CN(CCCCNC(=O)c1cc(I)ccc1OCCOCCOCCO)CC2. The van der Waals surface area contributed by atoms with Crippen LogP contribution >= 0.6 is 22.6 Å². The Morgan fingerprint density at radius 3 is 2.39 bits per heavy atom. The molecule has 3 rings (SSSR count). The lowest BCUT2D eigenvalue weighted by molar-refractivity contribution is 0.0246. The highest BCUT2D eigenvalue weighted by molar-refractivity contribution is 14.1. The number of nitrogens with one attached hydrogen (secondary N) is 1. The highest BCUT2D eigenvalue weighted by Crippen LogP contribution is 2.33. The van der Waals surface area contributed by atoms with Crippen LogP contribution in [0.2, 0.25) is 0 Å². The molecular weight excluding hydrogens is 603 g/mol. The molecule has 1 aliphatic heterocycles. The quantitative estimate of drug-likeness (QED) is 0.201. The predicted molar refractivity (Wildman–Crippen MR) is 153 cm³/mol. The zero-order valence-electron chi connectivity index (χ0n) is 22.3. The Bertz CT molecular complexity index is 1020. The lowest BCUT2D eigenvalue weighted by Gasteiger charge is -2.29. The van der Waals surface area contributed by atoms with E-state index in [4.69, 9.17) is 28.8 Å². The van der Waals surface area contributed by atoms with Gasteiger partial charge in [0.1, 0.15) is 12.4 Å². The molecule has 1 heterocycles. The molecule has 0 radical (unpaired) electrons. The second kappa shape index (κ2) is 16.8. The number of rotatable bonds is 17. The van der Waals surface area contributed by atoms with Gasteiger partial charge in [0, 0.05) is 23.2 Å². The van der Waals surface area contributed by atoms with E-state index in [9.17, 15) is 4.79 Å². The summed E-state index contributed by atoms with van der Waals surface area (Å²) in [5.41, 5.74) is 3.13. The second-order valence-corrected chi connectivity index (χ2v) is 10.1. The first-order valence-electron chi connectivity index (χ1n) is 13.0. The van der Waals surface area contributed by atoms with Gasteiger partial charge in [-0.05, 0) is 89.9 Å². The molecule has 0 saturated heterocycles. The van der Waals surface area contributed by atoms with Gasteiger partial charge in [0.05, 0.1) is 52.8 Å². The van der Waals surface area contributed by atoms with Gasteiger partial charge >= 0.3 is 0 Å². The Kier molecular flexibility index (Phi) is 13.4. The molecule has 0 spiro atoms. The molecule has 0 saturated carbocycles. The van der Waals surface area contributed by atoms with Crippen molar-refractivity contribution >= 4 is 28.5 Å². The van der Waals surface area contributed by atoms with Crippen molar-refractivity contribution in [1.82, 2.24) is 10.2 Å². The summed E-state index contributed by atoms with van der Waals surface area (Å²) in [5.74, 6) is 1.96. The number of aliphatic hydroxyl groups is 1. The van der Waals surface area contributed by atoms with Crippen LogP contribution in [0.25, 0.3) is 0 Å². The fraction of sp³-hybridized carbons (Fsp3) is 0.536. The molecule has 9 nitrogen and oxygen atoms in total. The van der Waals surface area contributed by atoms with Gasteiger partial charge in [-0.1, -0.05) is 0 Å². The van der Waals surface area contributed by atoms with Crippen molar-refractivity contribution in [2.45, 2.75) is 25.8 Å². The van der Waals surface area contributed by atoms with Crippen molar-refractivity contribution in [2.24, 2.45) is 0 Å². The first-order chi connectivity index (χ1) is 18.5. The topological polar surface area (TPSA) is 98.7 Å². The fourth-order valence-electron chi connectivity index (χ4n) is 4.29. The van der Waals surface area contributed by atoms with Crippen molar-refractivity contribution < 1.29 is 33.6 Å². The Labute approximate surface area is 238 Å². The van der Waals surface area contributed by atoms with Crippen molar-refractivity contribution in [3.63, 3.8) is 0 Å². The highest BCUT2D eigenvalue weighted by atomic mass is 127. The predicted octanol–water partition coefficient (Wildman–Crippen LogP) is 3.28. The summed E-state index contributed by atoms with van der Waals surface area (Å²) in [4.78, 5) is 15.3. The van der Waals surface area contributed by atoms with E-state index in [0.29, 0.717) is 50.9 Å². The lowest BCUT2D eigenvalue weighted by atomic mass is 9.98. The molecule has 0 unspecified atom stereocenters. The minimum atomic E-state index is -0.134. The normalized spacial score (nSPS) is 13.2. The first kappa shape index (κ1) is 30.4. The van der Waals surface area contributed by atoms with Gasteiger partial charge in [0.15, 0.2) is 11.5 Å². The van der Waals surface area contributed by atoms with Gasteiger partial charge in [-0.15, -0.1) is 0 Å². The third-order valence-electron chi connectivity index (χ3n) is 6.26. The molecule has 0 aliphatic carbocycles. The molecule has 210 valence electrons. The maximum Gasteiger partial charge on any atom is 0.255 e. The zero-order valence-corrected chi connectivity index (χ0v) is 24.5. The van der Waals surface area contributed by atoms with Crippen molar-refractivity contribution in [3.8, 4) is 17.2 Å². The van der Waals surface area contributed by atoms with E-state index in [1.807, 2.05) is 18.2 Å². The Balaban J connectivity index is 1.38. The number of hydrogen-bond donors (Lipinski definition) is 2. The number of hydrogen-bond acceptors (Lipinski definition) is 8. The largest absolute Gasteiger partial charge is 0.493 e. The van der Waals surface area contributed by atoms with Crippen LogP contribution in [-0.2, 0) is 22.4 Å². The minimum Gasteiger partial charge on any atom is -0.493 e. The number of aliphatic hydroxyl groups excluding tert-OH is 1. The number of carbonyl (C=O) groups excluding carboxylic acids is 1. The number of amides is 1. The van der Waals surface area contributed by atoms with Gasteiger partial charge in [0.2, 0.25) is 0 Å². The van der Waals surface area contributed by atoms with E-state index < -0.39 is 0 Å². The summed E-state index contributed by atoms with van der Waals surface area (Å²) in [6.45, 7) is 5.36. The molecular formula is C28H39IN2O7. The monoisotopic (exact) mass is 642 g/mol. The van der Waals surface area contributed by atoms with Crippen LogP contribution in [0.4, 0.5) is 0 Å². The van der Waals surface area contributed by atoms with Crippen molar-refractivity contribution in [1.29, 1.82) is 0 Å². The Hall–Kier alpha value is -2.12. The number of fused-ring (bicyclic) bond motifs is 1. The third kappa shape index (κ3) is 9.57. The number of benzene rings is 2. The van der Waals surface area contributed by atoms with Gasteiger partial charge in [-0.3, -0.25) is 9.69 Å². The lowest BCUT2D eigenvalue weighted by Crippen LogP contribution is -2.32. The molecule has 0 bridgehead atoms. The molecule has 0 fully saturated rings. The van der Waals surface area contributed by atoms with Crippen LogP contribution in [0.15, 0.2) is 30.3 Å². The standard InChI is InChI=1S/C28H39IN2O7/c1-34-26-17-21-7-10-31(20-22(21)18-27(26)35-2)9-4-3-8-30-28(33)24-19-23(29)5-6-25(24)38-16-15-37-14-13-36-12-11-32/h5-6,17-19,32H,3-4,7-16,20H2,1-2H3,(H,30,33). The molecule has 0 aromatic heterocycles. The van der Waals surface area contributed by atoms with Crippen LogP contribution < -0.4 is 19.5 Å². The molecule has 0 atom stereocenters. The van der Waals surface area contributed by atoms with E-state index in [1.54, 1.807) is 14.2 Å². The third-order valence-corrected chi connectivity index (χ3v) is 6.93. The van der Waals surface area contributed by atoms with Gasteiger partial charge in [-0.25, -0.2) is 0 Å². The average molecular weight is 643 g/mol.